The Kier molecular flexibility index (Phi) is 7.89. The lowest BCUT2D eigenvalue weighted by atomic mass is 10.1. The normalized spacial score (nSPS) is 15.4. The van der Waals surface area contributed by atoms with Crippen LogP contribution in [0.1, 0.15) is 23.7 Å². The van der Waals surface area contributed by atoms with Gasteiger partial charge in [0.05, 0.1) is 23.6 Å². The number of nitro groups is 1. The lowest BCUT2D eigenvalue weighted by Crippen LogP contribution is -2.49. The number of methoxy groups -OCH3 is 2. The number of nitrogens with zero attached hydrogens (tertiary/aromatic N) is 3. The molecule has 0 aromatic heterocycles. The second-order valence-corrected chi connectivity index (χ2v) is 7.54. The van der Waals surface area contributed by atoms with Crippen molar-refractivity contribution in [3.8, 4) is 5.75 Å². The number of non-ortho nitro benzene ring substituents is 1. The van der Waals surface area contributed by atoms with Gasteiger partial charge in [0.2, 0.25) is 5.91 Å². The Hall–Kier alpha value is -4.16. The summed E-state index contributed by atoms with van der Waals surface area (Å²) in [5.41, 5.74) is -0.0973. The molecular formula is C23H23N3O9. The van der Waals surface area contributed by atoms with Crippen molar-refractivity contribution < 1.29 is 38.3 Å². The Bertz CT molecular complexity index is 1150. The van der Waals surface area contributed by atoms with Gasteiger partial charge in [-0.2, -0.15) is 0 Å². The fourth-order valence-corrected chi connectivity index (χ4v) is 3.64. The Labute approximate surface area is 200 Å². The number of benzene rings is 2. The lowest BCUT2D eigenvalue weighted by Gasteiger charge is -2.30. The van der Waals surface area contributed by atoms with Crippen LogP contribution in [-0.4, -0.2) is 66.6 Å². The third-order valence-electron chi connectivity index (χ3n) is 5.29. The molecule has 0 bridgehead atoms. The predicted molar refractivity (Wildman–Crippen MR) is 121 cm³/mol. The van der Waals surface area contributed by atoms with Crippen LogP contribution in [0.4, 0.5) is 11.4 Å². The summed E-state index contributed by atoms with van der Waals surface area (Å²) >= 11 is 0. The maximum Gasteiger partial charge on any atom is 0.308 e. The summed E-state index contributed by atoms with van der Waals surface area (Å²) in [7, 11) is 2.70. The average molecular weight is 485 g/mol. The molecule has 1 unspecified atom stereocenters. The molecule has 0 saturated carbocycles. The maximum atomic E-state index is 13.4. The molecule has 1 heterocycles. The first-order valence-electron chi connectivity index (χ1n) is 10.4. The molecule has 0 N–H and O–H groups in total. The number of hydrogen-bond acceptors (Lipinski definition) is 9. The fraction of sp³-hybridized carbons (Fsp3) is 0.304. The van der Waals surface area contributed by atoms with E-state index in [2.05, 4.69) is 0 Å². The first-order chi connectivity index (χ1) is 16.7. The van der Waals surface area contributed by atoms with Gasteiger partial charge in [-0.3, -0.25) is 29.3 Å². The van der Waals surface area contributed by atoms with E-state index in [-0.39, 0.29) is 35.7 Å². The monoisotopic (exact) mass is 485 g/mol. The molecule has 184 valence electrons. The number of rotatable bonds is 9. The summed E-state index contributed by atoms with van der Waals surface area (Å²) in [6, 6.07) is 9.61. The highest BCUT2D eigenvalue weighted by Crippen LogP contribution is 2.29. The zero-order valence-corrected chi connectivity index (χ0v) is 19.2. The van der Waals surface area contributed by atoms with Crippen molar-refractivity contribution in [2.75, 3.05) is 25.7 Å². The van der Waals surface area contributed by atoms with Crippen molar-refractivity contribution in [1.29, 1.82) is 0 Å². The summed E-state index contributed by atoms with van der Waals surface area (Å²) in [5.74, 6) is -2.20. The van der Waals surface area contributed by atoms with E-state index in [1.54, 1.807) is 0 Å². The van der Waals surface area contributed by atoms with Crippen LogP contribution in [0.3, 0.4) is 0 Å². The summed E-state index contributed by atoms with van der Waals surface area (Å²) in [5, 5.41) is 11.2. The molecule has 3 amide bonds. The van der Waals surface area contributed by atoms with Gasteiger partial charge < -0.3 is 19.1 Å². The van der Waals surface area contributed by atoms with Crippen LogP contribution in [0.15, 0.2) is 48.5 Å². The number of ether oxygens (including phenoxy) is 3. The van der Waals surface area contributed by atoms with Crippen LogP contribution in [-0.2, 0) is 23.9 Å². The Morgan fingerprint density at radius 2 is 1.80 bits per heavy atom. The molecule has 0 aliphatic carbocycles. The van der Waals surface area contributed by atoms with Crippen LogP contribution >= 0.6 is 0 Å². The van der Waals surface area contributed by atoms with E-state index >= 15 is 0 Å². The lowest BCUT2D eigenvalue weighted by molar-refractivity contribution is -0.384. The summed E-state index contributed by atoms with van der Waals surface area (Å²) < 4.78 is 15.3. The van der Waals surface area contributed by atoms with Crippen molar-refractivity contribution in [3.05, 3.63) is 64.2 Å². The molecule has 0 spiro atoms. The zero-order valence-electron chi connectivity index (χ0n) is 19.2. The summed E-state index contributed by atoms with van der Waals surface area (Å²) in [6.07, 6.45) is -1.23. The number of carbonyl (C=O) groups excluding carboxylic acids is 4. The first kappa shape index (κ1) is 25.5. The van der Waals surface area contributed by atoms with Gasteiger partial charge in [0.25, 0.3) is 17.5 Å². The van der Waals surface area contributed by atoms with Crippen LogP contribution in [0.25, 0.3) is 0 Å². The molecule has 1 atom stereocenters. The van der Waals surface area contributed by atoms with E-state index in [0.29, 0.717) is 0 Å². The van der Waals surface area contributed by atoms with Crippen LogP contribution in [0.2, 0.25) is 0 Å². The number of nitro benzene ring substituents is 1. The molecule has 1 saturated heterocycles. The SMILES string of the molecule is COC(CN(C(=O)c1cccc([N+](=O)[O-])c1)C1CC(=O)N(c2ccc(OC(C)=O)cc2)C1=O)OC. The molecule has 3 rings (SSSR count). The third-order valence-corrected chi connectivity index (χ3v) is 5.29. The van der Waals surface area contributed by atoms with E-state index in [0.717, 1.165) is 15.9 Å². The molecule has 2 aromatic carbocycles. The summed E-state index contributed by atoms with van der Waals surface area (Å²) in [4.78, 5) is 63.2. The molecule has 1 aliphatic heterocycles. The standard InChI is InChI=1S/C23H23N3O9/c1-14(27)35-18-9-7-16(8-10-18)25-20(28)12-19(23(25)30)24(13-21(33-2)34-3)22(29)15-5-4-6-17(11-15)26(31)32/h4-11,19,21H,12-13H2,1-3H3. The topological polar surface area (TPSA) is 146 Å². The average Bonchev–Trinajstić information content (AvgIpc) is 3.13. The number of esters is 1. The van der Waals surface area contributed by atoms with E-state index in [1.165, 1.54) is 63.6 Å². The summed E-state index contributed by atoms with van der Waals surface area (Å²) in [6.45, 7) is 1.03. The number of imide groups is 1. The highest BCUT2D eigenvalue weighted by molar-refractivity contribution is 6.23. The third kappa shape index (κ3) is 5.67. The minimum Gasteiger partial charge on any atom is -0.427 e. The number of hydrogen-bond donors (Lipinski definition) is 0. The predicted octanol–water partition coefficient (Wildman–Crippen LogP) is 1.91. The number of amides is 3. The minimum absolute atomic E-state index is 0.0328. The molecule has 1 aliphatic rings. The van der Waals surface area contributed by atoms with Gasteiger partial charge in [0.1, 0.15) is 11.8 Å². The first-order valence-corrected chi connectivity index (χ1v) is 10.4. The highest BCUT2D eigenvalue weighted by atomic mass is 16.7. The molecular weight excluding hydrogens is 462 g/mol. The van der Waals surface area contributed by atoms with Crippen LogP contribution in [0, 0.1) is 10.1 Å². The maximum absolute atomic E-state index is 13.4. The van der Waals surface area contributed by atoms with Crippen LogP contribution in [0.5, 0.6) is 5.75 Å². The van der Waals surface area contributed by atoms with Crippen molar-refractivity contribution in [1.82, 2.24) is 4.90 Å². The molecule has 0 radical (unpaired) electrons. The molecule has 35 heavy (non-hydrogen) atoms. The quantitative estimate of drug-likeness (QED) is 0.130. The van der Waals surface area contributed by atoms with E-state index < -0.39 is 40.9 Å². The molecule has 12 heteroatoms. The zero-order chi connectivity index (χ0) is 25.7. The van der Waals surface area contributed by atoms with Gasteiger partial charge in [-0.05, 0) is 30.3 Å². The van der Waals surface area contributed by atoms with Crippen molar-refractivity contribution >= 4 is 35.1 Å². The Morgan fingerprint density at radius 1 is 1.14 bits per heavy atom. The Balaban J connectivity index is 1.93. The van der Waals surface area contributed by atoms with E-state index in [9.17, 15) is 29.3 Å². The van der Waals surface area contributed by atoms with Gasteiger partial charge in [-0.15, -0.1) is 0 Å². The molecule has 12 nitrogen and oxygen atoms in total. The van der Waals surface area contributed by atoms with Gasteiger partial charge >= 0.3 is 5.97 Å². The fourth-order valence-electron chi connectivity index (χ4n) is 3.64. The smallest absolute Gasteiger partial charge is 0.308 e. The van der Waals surface area contributed by atoms with Crippen molar-refractivity contribution in [3.63, 3.8) is 0 Å². The van der Waals surface area contributed by atoms with Gasteiger partial charge in [0, 0.05) is 38.8 Å². The van der Waals surface area contributed by atoms with Crippen molar-refractivity contribution in [2.45, 2.75) is 25.7 Å². The second kappa shape index (κ2) is 10.8. The van der Waals surface area contributed by atoms with E-state index in [4.69, 9.17) is 14.2 Å². The van der Waals surface area contributed by atoms with E-state index in [1.807, 2.05) is 0 Å². The number of carbonyl (C=O) groups is 4. The highest BCUT2D eigenvalue weighted by Gasteiger charge is 2.45. The largest absolute Gasteiger partial charge is 0.427 e. The second-order valence-electron chi connectivity index (χ2n) is 7.54. The van der Waals surface area contributed by atoms with Gasteiger partial charge in [-0.1, -0.05) is 6.07 Å². The molecule has 2 aromatic rings. The van der Waals surface area contributed by atoms with Gasteiger partial charge in [0.15, 0.2) is 6.29 Å². The number of anilines is 1. The molecule has 1 fully saturated rings. The Morgan fingerprint density at radius 3 is 2.37 bits per heavy atom. The van der Waals surface area contributed by atoms with Crippen LogP contribution < -0.4 is 9.64 Å². The van der Waals surface area contributed by atoms with Crippen molar-refractivity contribution in [2.24, 2.45) is 0 Å². The van der Waals surface area contributed by atoms with Gasteiger partial charge in [-0.25, -0.2) is 4.90 Å². The minimum atomic E-state index is -1.20.